The number of carbonyl (C=O) groups is 2. The maximum absolute atomic E-state index is 14.2. The Morgan fingerprint density at radius 3 is 2.51 bits per heavy atom. The lowest BCUT2D eigenvalue weighted by Gasteiger charge is -2.51. The summed E-state index contributed by atoms with van der Waals surface area (Å²) < 4.78 is 74.1. The largest absolute Gasteiger partial charge is 0.573 e. The zero-order valence-corrected chi connectivity index (χ0v) is 32.2. The van der Waals surface area contributed by atoms with Gasteiger partial charge >= 0.3 is 18.3 Å². The van der Waals surface area contributed by atoms with Crippen LogP contribution in [0.2, 0.25) is 0 Å². The third kappa shape index (κ3) is 8.76. The standard InChI is InChI=1S/C42H53F3O10/c1-7-23(2)36-26(5)17-18-40(55-36)21-32-20-31(53-40)14-11-25(4)35(52-38(47)28-12-15-30(16-13-28)54-42(43,44)45)24(3)9-8-10-29-22-50-37-34(46)27(6)19-33(39(48)51-32)41(29,37)49/h8-13,15-16,19,23-24,26,31-37,46,49H,7,14,17-18,20-22H2,1-6H3/b9-8+,25-11+,29-10+/t23-,24-,26-,31+,32-,33-,34+,35-,36+,37+,40+,41+/m0/s1. The number of fused-ring (bicyclic) bond motifs is 2. The van der Waals surface area contributed by atoms with Crippen molar-refractivity contribution in [1.82, 2.24) is 0 Å². The Hall–Kier alpha value is -3.49. The van der Waals surface area contributed by atoms with Crippen molar-refractivity contribution in [1.29, 1.82) is 0 Å². The minimum Gasteiger partial charge on any atom is -0.462 e. The first-order valence-electron chi connectivity index (χ1n) is 19.3. The molecule has 2 bridgehead atoms. The van der Waals surface area contributed by atoms with E-state index >= 15 is 0 Å². The maximum atomic E-state index is 14.2. The first kappa shape index (κ1) is 41.2. The van der Waals surface area contributed by atoms with E-state index in [1.165, 1.54) is 12.1 Å². The highest BCUT2D eigenvalue weighted by Gasteiger charge is 2.60. The summed E-state index contributed by atoms with van der Waals surface area (Å²) in [5.41, 5.74) is -0.288. The quantitative estimate of drug-likeness (QED) is 0.232. The molecule has 3 saturated heterocycles. The van der Waals surface area contributed by atoms with Gasteiger partial charge in [-0.15, -0.1) is 13.2 Å². The Balaban J connectivity index is 1.36. The van der Waals surface area contributed by atoms with Gasteiger partial charge in [0.1, 0.15) is 41.7 Å². The Bertz CT molecular complexity index is 1700. The summed E-state index contributed by atoms with van der Waals surface area (Å²) in [6, 6.07) is 4.52. The van der Waals surface area contributed by atoms with Crippen LogP contribution < -0.4 is 4.74 Å². The van der Waals surface area contributed by atoms with Gasteiger partial charge in [0.05, 0.1) is 24.4 Å². The van der Waals surface area contributed by atoms with Crippen LogP contribution in [0.25, 0.3) is 0 Å². The third-order valence-electron chi connectivity index (χ3n) is 12.0. The average Bonchev–Trinajstić information content (AvgIpc) is 3.47. The van der Waals surface area contributed by atoms with Crippen molar-refractivity contribution in [3.05, 3.63) is 76.9 Å². The topological polar surface area (TPSA) is 130 Å². The Labute approximate surface area is 320 Å². The number of alkyl halides is 3. The average molecular weight is 775 g/mol. The van der Waals surface area contributed by atoms with Gasteiger partial charge in [0.25, 0.3) is 0 Å². The fraction of sp³-hybridized carbons (Fsp3) is 0.619. The molecule has 0 saturated carbocycles. The third-order valence-corrected chi connectivity index (χ3v) is 12.0. The van der Waals surface area contributed by atoms with Crippen molar-refractivity contribution in [2.75, 3.05) is 6.61 Å². The lowest BCUT2D eigenvalue weighted by atomic mass is 9.71. The van der Waals surface area contributed by atoms with Gasteiger partial charge in [-0.3, -0.25) is 4.79 Å². The molecule has 10 nitrogen and oxygen atoms in total. The van der Waals surface area contributed by atoms with Gasteiger partial charge < -0.3 is 38.6 Å². The van der Waals surface area contributed by atoms with Gasteiger partial charge in [0.15, 0.2) is 5.79 Å². The van der Waals surface area contributed by atoms with Crippen molar-refractivity contribution < 1.29 is 61.4 Å². The molecule has 4 aliphatic heterocycles. The number of hydrogen-bond acceptors (Lipinski definition) is 10. The van der Waals surface area contributed by atoms with E-state index in [9.17, 15) is 33.0 Å². The first-order chi connectivity index (χ1) is 25.9. The van der Waals surface area contributed by atoms with Crippen LogP contribution in [0.5, 0.6) is 5.75 Å². The first-order valence-corrected chi connectivity index (χ1v) is 19.3. The van der Waals surface area contributed by atoms with E-state index in [1.54, 1.807) is 31.2 Å². The van der Waals surface area contributed by atoms with E-state index in [-0.39, 0.29) is 24.2 Å². The second-order valence-corrected chi connectivity index (χ2v) is 16.0. The van der Waals surface area contributed by atoms with Crippen molar-refractivity contribution in [3.8, 4) is 5.75 Å². The van der Waals surface area contributed by atoms with Crippen LogP contribution in [0, 0.1) is 23.7 Å². The van der Waals surface area contributed by atoms with Crippen LogP contribution in [0.15, 0.2) is 71.4 Å². The van der Waals surface area contributed by atoms with Gasteiger partial charge in [-0.1, -0.05) is 64.5 Å². The molecule has 1 aromatic carbocycles. The molecular formula is C42H53F3O10. The van der Waals surface area contributed by atoms with E-state index in [2.05, 4.69) is 25.5 Å². The van der Waals surface area contributed by atoms with E-state index < -0.39 is 77.8 Å². The second kappa shape index (κ2) is 16.2. The van der Waals surface area contributed by atoms with Gasteiger partial charge in [0.2, 0.25) is 0 Å². The maximum Gasteiger partial charge on any atom is 0.573 e. The van der Waals surface area contributed by atoms with Crippen LogP contribution in [0.1, 0.15) is 90.4 Å². The Morgan fingerprint density at radius 1 is 1.09 bits per heavy atom. The van der Waals surface area contributed by atoms with E-state index in [0.29, 0.717) is 48.3 Å². The number of halogens is 3. The molecule has 0 amide bonds. The summed E-state index contributed by atoms with van der Waals surface area (Å²) in [6.07, 6.45) is 2.96. The predicted octanol–water partition coefficient (Wildman–Crippen LogP) is 7.29. The van der Waals surface area contributed by atoms with E-state index in [4.69, 9.17) is 23.7 Å². The number of benzene rings is 1. The van der Waals surface area contributed by atoms with Crippen LogP contribution in [-0.2, 0) is 28.5 Å². The van der Waals surface area contributed by atoms with Crippen LogP contribution in [0.4, 0.5) is 13.2 Å². The zero-order valence-electron chi connectivity index (χ0n) is 32.2. The van der Waals surface area contributed by atoms with E-state index in [1.807, 2.05) is 19.9 Å². The smallest absolute Gasteiger partial charge is 0.462 e. The van der Waals surface area contributed by atoms with Crippen molar-refractivity contribution >= 4 is 11.9 Å². The summed E-state index contributed by atoms with van der Waals surface area (Å²) in [5.74, 6) is -3.87. The summed E-state index contributed by atoms with van der Waals surface area (Å²) in [5, 5.41) is 23.4. The normalized spacial score (nSPS) is 40.0. The molecule has 0 radical (unpaired) electrons. The number of rotatable bonds is 5. The fourth-order valence-electron chi connectivity index (χ4n) is 8.72. The molecule has 1 aliphatic carbocycles. The predicted molar refractivity (Wildman–Crippen MR) is 194 cm³/mol. The number of hydrogen-bond donors (Lipinski definition) is 2. The van der Waals surface area contributed by atoms with Crippen LogP contribution >= 0.6 is 0 Å². The molecule has 1 spiro atoms. The van der Waals surface area contributed by atoms with Crippen molar-refractivity contribution in [2.45, 2.75) is 134 Å². The Morgan fingerprint density at radius 2 is 1.82 bits per heavy atom. The molecule has 13 heteroatoms. The minimum atomic E-state index is -4.88. The van der Waals surface area contributed by atoms with Gasteiger partial charge in [0, 0.05) is 25.2 Å². The molecule has 2 N–H and O–H groups in total. The lowest BCUT2D eigenvalue weighted by Crippen LogP contribution is -2.58. The molecule has 12 atom stereocenters. The van der Waals surface area contributed by atoms with E-state index in [0.717, 1.165) is 25.0 Å². The summed E-state index contributed by atoms with van der Waals surface area (Å²) in [7, 11) is 0. The number of esters is 2. The SMILES string of the molecule is CC[C@H](C)[C@H]1O[C@]2(CC[C@@H]1C)C[C@@H]1C[C@@H](C/C=C(\C)[C@@H](OC(=O)c3ccc(OC(F)(F)F)cc3)[C@@H](C)/C=C/C=C3\CO[C@@H]4[C@H](O)C(C)=C[C@@H](C(=O)O1)[C@]34O)O2. The number of ether oxygens (including phenoxy) is 6. The second-order valence-electron chi connectivity index (χ2n) is 16.0. The zero-order chi connectivity index (χ0) is 39.9. The molecule has 55 heavy (non-hydrogen) atoms. The number of aliphatic hydroxyl groups is 2. The highest BCUT2D eigenvalue weighted by molar-refractivity contribution is 5.89. The lowest BCUT2D eigenvalue weighted by molar-refractivity contribution is -0.340. The number of carbonyl (C=O) groups excluding carboxylic acids is 2. The molecule has 5 aliphatic rings. The molecule has 1 aromatic rings. The van der Waals surface area contributed by atoms with Crippen LogP contribution in [-0.4, -0.2) is 83.1 Å². The molecule has 0 aromatic heterocycles. The molecular weight excluding hydrogens is 721 g/mol. The van der Waals surface area contributed by atoms with Crippen LogP contribution in [0.3, 0.4) is 0 Å². The molecule has 3 fully saturated rings. The molecule has 302 valence electrons. The number of allylic oxidation sites excluding steroid dienone is 2. The highest BCUT2D eigenvalue weighted by Crippen LogP contribution is 2.48. The Kier molecular flexibility index (Phi) is 12.1. The van der Waals surface area contributed by atoms with Gasteiger partial charge in [-0.25, -0.2) is 4.79 Å². The van der Waals surface area contributed by atoms with Crippen molar-refractivity contribution in [3.63, 3.8) is 0 Å². The highest BCUT2D eigenvalue weighted by atomic mass is 19.4. The summed E-state index contributed by atoms with van der Waals surface area (Å²) in [4.78, 5) is 27.6. The van der Waals surface area contributed by atoms with Gasteiger partial charge in [-0.05, 0) is 79.5 Å². The summed E-state index contributed by atoms with van der Waals surface area (Å²) in [6.45, 7) is 11.8. The fourth-order valence-corrected chi connectivity index (χ4v) is 8.72. The van der Waals surface area contributed by atoms with Crippen molar-refractivity contribution in [2.24, 2.45) is 23.7 Å². The molecule has 0 unspecified atom stereocenters. The summed E-state index contributed by atoms with van der Waals surface area (Å²) >= 11 is 0. The number of aliphatic hydroxyl groups excluding tert-OH is 1. The monoisotopic (exact) mass is 774 g/mol. The molecule has 4 heterocycles. The van der Waals surface area contributed by atoms with Gasteiger partial charge in [-0.2, -0.15) is 0 Å². The minimum absolute atomic E-state index is 0.0381. The molecule has 6 rings (SSSR count).